The van der Waals surface area contributed by atoms with Gasteiger partial charge < -0.3 is 11.1 Å². The van der Waals surface area contributed by atoms with Crippen molar-refractivity contribution < 1.29 is 4.79 Å². The topological polar surface area (TPSA) is 80.9 Å². The molecule has 2 rings (SSSR count). The van der Waals surface area contributed by atoms with Crippen molar-refractivity contribution in [3.8, 4) is 0 Å². The minimum absolute atomic E-state index is 0.277. The highest BCUT2D eigenvalue weighted by atomic mass is 32.2. The van der Waals surface area contributed by atoms with Crippen LogP contribution in [0.3, 0.4) is 0 Å². The number of thioether (sulfide) groups is 1. The van der Waals surface area contributed by atoms with Crippen LogP contribution in [0.5, 0.6) is 0 Å². The molecule has 5 nitrogen and oxygen atoms in total. The fraction of sp³-hybridized carbons (Fsp3) is 0.154. The molecule has 6 heteroatoms. The molecule has 1 aromatic carbocycles. The molecular formula is C13H14N4OS. The third kappa shape index (κ3) is 3.23. The maximum atomic E-state index is 11.4. The Hall–Kier alpha value is -2.08. The van der Waals surface area contributed by atoms with Gasteiger partial charge in [0.1, 0.15) is 11.4 Å². The zero-order valence-corrected chi connectivity index (χ0v) is 11.5. The SMILES string of the molecule is CSc1ncc(C(N)=O)c(Nc2cccc(C)c2)n1. The lowest BCUT2D eigenvalue weighted by atomic mass is 10.2. The molecule has 1 aromatic heterocycles. The number of hydrogen-bond acceptors (Lipinski definition) is 5. The summed E-state index contributed by atoms with van der Waals surface area (Å²) in [6.07, 6.45) is 3.31. The normalized spacial score (nSPS) is 10.2. The molecule has 0 fully saturated rings. The molecule has 0 radical (unpaired) electrons. The number of aryl methyl sites for hydroxylation is 1. The molecule has 1 amide bonds. The number of nitrogens with zero attached hydrogens (tertiary/aromatic N) is 2. The lowest BCUT2D eigenvalue weighted by Gasteiger charge is -2.10. The van der Waals surface area contributed by atoms with Gasteiger partial charge in [-0.15, -0.1) is 0 Å². The second-order valence-corrected chi connectivity index (χ2v) is 4.75. The van der Waals surface area contributed by atoms with Crippen LogP contribution in [-0.2, 0) is 0 Å². The van der Waals surface area contributed by atoms with Crippen molar-refractivity contribution in [1.82, 2.24) is 9.97 Å². The van der Waals surface area contributed by atoms with Crippen molar-refractivity contribution in [2.24, 2.45) is 5.73 Å². The van der Waals surface area contributed by atoms with E-state index in [9.17, 15) is 4.79 Å². The Morgan fingerprint density at radius 1 is 1.42 bits per heavy atom. The highest BCUT2D eigenvalue weighted by Crippen LogP contribution is 2.21. The molecule has 2 aromatic rings. The Morgan fingerprint density at radius 2 is 2.21 bits per heavy atom. The monoisotopic (exact) mass is 274 g/mol. The van der Waals surface area contributed by atoms with Crippen LogP contribution in [0, 0.1) is 6.92 Å². The predicted molar refractivity (Wildman–Crippen MR) is 76.8 cm³/mol. The molecule has 0 aliphatic heterocycles. The van der Waals surface area contributed by atoms with Crippen LogP contribution < -0.4 is 11.1 Å². The number of aromatic nitrogens is 2. The number of anilines is 2. The summed E-state index contributed by atoms with van der Waals surface area (Å²) in [7, 11) is 0. The van der Waals surface area contributed by atoms with Crippen LogP contribution in [-0.4, -0.2) is 22.1 Å². The quantitative estimate of drug-likeness (QED) is 0.660. The van der Waals surface area contributed by atoms with Gasteiger partial charge in [-0.1, -0.05) is 23.9 Å². The molecular weight excluding hydrogens is 260 g/mol. The van der Waals surface area contributed by atoms with Crippen molar-refractivity contribution >= 4 is 29.2 Å². The van der Waals surface area contributed by atoms with Crippen molar-refractivity contribution in [2.75, 3.05) is 11.6 Å². The van der Waals surface area contributed by atoms with E-state index in [0.29, 0.717) is 11.0 Å². The largest absolute Gasteiger partial charge is 0.365 e. The highest BCUT2D eigenvalue weighted by molar-refractivity contribution is 7.98. The van der Waals surface area contributed by atoms with Crippen molar-refractivity contribution in [3.63, 3.8) is 0 Å². The van der Waals surface area contributed by atoms with Crippen LogP contribution in [0.2, 0.25) is 0 Å². The van der Waals surface area contributed by atoms with Crippen LogP contribution >= 0.6 is 11.8 Å². The Balaban J connectivity index is 2.39. The van der Waals surface area contributed by atoms with Gasteiger partial charge in [0.05, 0.1) is 0 Å². The van der Waals surface area contributed by atoms with Gasteiger partial charge in [-0.3, -0.25) is 4.79 Å². The van der Waals surface area contributed by atoms with Crippen LogP contribution in [0.4, 0.5) is 11.5 Å². The first-order valence-electron chi connectivity index (χ1n) is 5.64. The molecule has 19 heavy (non-hydrogen) atoms. The predicted octanol–water partition coefficient (Wildman–Crippen LogP) is 2.35. The number of hydrogen-bond donors (Lipinski definition) is 2. The Morgan fingerprint density at radius 3 is 2.84 bits per heavy atom. The number of amides is 1. The Kier molecular flexibility index (Phi) is 4.01. The first kappa shape index (κ1) is 13.4. The maximum Gasteiger partial charge on any atom is 0.254 e. The number of carbonyl (C=O) groups excluding carboxylic acids is 1. The van der Waals surface area contributed by atoms with Crippen molar-refractivity contribution in [3.05, 3.63) is 41.6 Å². The average Bonchev–Trinajstić information content (AvgIpc) is 2.38. The molecule has 0 saturated heterocycles. The smallest absolute Gasteiger partial charge is 0.254 e. The van der Waals surface area contributed by atoms with Gasteiger partial charge in [0.2, 0.25) is 0 Å². The Labute approximate surface area is 115 Å². The van der Waals surface area contributed by atoms with Gasteiger partial charge in [0.15, 0.2) is 5.16 Å². The van der Waals surface area contributed by atoms with Crippen LogP contribution in [0.15, 0.2) is 35.6 Å². The molecule has 1 heterocycles. The summed E-state index contributed by atoms with van der Waals surface area (Å²) in [6, 6.07) is 7.79. The van der Waals surface area contributed by atoms with Gasteiger partial charge in [0, 0.05) is 11.9 Å². The van der Waals surface area contributed by atoms with Gasteiger partial charge in [-0.05, 0) is 30.9 Å². The molecule has 98 valence electrons. The lowest BCUT2D eigenvalue weighted by Crippen LogP contribution is -2.15. The molecule has 0 unspecified atom stereocenters. The number of nitrogens with two attached hydrogens (primary N) is 1. The number of carbonyl (C=O) groups is 1. The molecule has 0 atom stereocenters. The minimum atomic E-state index is -0.553. The summed E-state index contributed by atoms with van der Waals surface area (Å²) in [4.78, 5) is 19.7. The maximum absolute atomic E-state index is 11.4. The van der Waals surface area contributed by atoms with Gasteiger partial charge in [0.25, 0.3) is 5.91 Å². The van der Waals surface area contributed by atoms with E-state index < -0.39 is 5.91 Å². The first-order valence-corrected chi connectivity index (χ1v) is 6.87. The zero-order valence-electron chi connectivity index (χ0n) is 10.7. The fourth-order valence-electron chi connectivity index (χ4n) is 1.60. The fourth-order valence-corrected chi connectivity index (χ4v) is 1.94. The third-order valence-corrected chi connectivity index (χ3v) is 3.06. The second-order valence-electron chi connectivity index (χ2n) is 3.98. The molecule has 0 spiro atoms. The van der Waals surface area contributed by atoms with E-state index in [1.807, 2.05) is 37.4 Å². The Bertz CT molecular complexity index is 615. The molecule has 0 saturated carbocycles. The number of benzene rings is 1. The average molecular weight is 274 g/mol. The van der Waals surface area contributed by atoms with E-state index in [0.717, 1.165) is 11.3 Å². The van der Waals surface area contributed by atoms with E-state index in [4.69, 9.17) is 5.73 Å². The van der Waals surface area contributed by atoms with Crippen LogP contribution in [0.1, 0.15) is 15.9 Å². The van der Waals surface area contributed by atoms with Crippen molar-refractivity contribution in [2.45, 2.75) is 12.1 Å². The van der Waals surface area contributed by atoms with Crippen molar-refractivity contribution in [1.29, 1.82) is 0 Å². The standard InChI is InChI=1S/C13H14N4OS/c1-8-4-3-5-9(6-8)16-12-10(11(14)18)7-15-13(17-12)19-2/h3-7H,1-2H3,(H2,14,18)(H,15,16,17). The summed E-state index contributed by atoms with van der Waals surface area (Å²) in [6.45, 7) is 1.99. The van der Waals surface area contributed by atoms with Gasteiger partial charge >= 0.3 is 0 Å². The second kappa shape index (κ2) is 5.71. The molecule has 0 aliphatic carbocycles. The summed E-state index contributed by atoms with van der Waals surface area (Å²) in [5.41, 5.74) is 7.57. The first-order chi connectivity index (χ1) is 9.10. The zero-order chi connectivity index (χ0) is 13.8. The minimum Gasteiger partial charge on any atom is -0.365 e. The summed E-state index contributed by atoms with van der Waals surface area (Å²) in [5.74, 6) is -0.125. The number of primary amides is 1. The van der Waals surface area contributed by atoms with E-state index in [2.05, 4.69) is 15.3 Å². The lowest BCUT2D eigenvalue weighted by molar-refractivity contribution is 0.100. The van der Waals surface area contributed by atoms with Gasteiger partial charge in [-0.2, -0.15) is 0 Å². The van der Waals surface area contributed by atoms with E-state index in [1.165, 1.54) is 18.0 Å². The summed E-state index contributed by atoms with van der Waals surface area (Å²) in [5, 5.41) is 3.69. The third-order valence-electron chi connectivity index (χ3n) is 2.50. The van der Waals surface area contributed by atoms with Crippen LogP contribution in [0.25, 0.3) is 0 Å². The molecule has 0 aliphatic rings. The summed E-state index contributed by atoms with van der Waals surface area (Å²) >= 11 is 1.40. The van der Waals surface area contributed by atoms with E-state index in [1.54, 1.807) is 0 Å². The number of rotatable bonds is 4. The van der Waals surface area contributed by atoms with Gasteiger partial charge in [-0.25, -0.2) is 9.97 Å². The van der Waals surface area contributed by atoms with E-state index in [-0.39, 0.29) is 5.56 Å². The molecule has 0 bridgehead atoms. The highest BCUT2D eigenvalue weighted by Gasteiger charge is 2.12. The molecule has 3 N–H and O–H groups in total. The summed E-state index contributed by atoms with van der Waals surface area (Å²) < 4.78 is 0. The van der Waals surface area contributed by atoms with E-state index >= 15 is 0 Å². The number of nitrogens with one attached hydrogen (secondary N) is 1.